The summed E-state index contributed by atoms with van der Waals surface area (Å²) in [4.78, 5) is 23.6. The van der Waals surface area contributed by atoms with E-state index in [1.807, 2.05) is 0 Å². The third kappa shape index (κ3) is 2.53. The Morgan fingerprint density at radius 1 is 1.44 bits per heavy atom. The van der Waals surface area contributed by atoms with Crippen molar-refractivity contribution in [3.8, 4) is 0 Å². The average molecular weight is 273 g/mol. The number of halogens is 2. The molecule has 96 valence electrons. The van der Waals surface area contributed by atoms with Gasteiger partial charge < -0.3 is 15.3 Å². The molecule has 2 amide bonds. The number of carbonyl (C=O) groups is 2. The number of hydrogen-bond donors (Lipinski definition) is 2. The third-order valence-corrected chi connectivity index (χ3v) is 2.98. The molecule has 1 saturated heterocycles. The molecule has 1 fully saturated rings. The number of hydrogen-bond acceptors (Lipinski definition) is 2. The lowest BCUT2D eigenvalue weighted by atomic mass is 10.0. The van der Waals surface area contributed by atoms with Crippen molar-refractivity contribution in [2.24, 2.45) is 5.92 Å². The van der Waals surface area contributed by atoms with Crippen LogP contribution in [0.1, 0.15) is 0 Å². The highest BCUT2D eigenvalue weighted by Crippen LogP contribution is 2.21. The molecule has 0 aromatic heterocycles. The topological polar surface area (TPSA) is 69.6 Å². The van der Waals surface area contributed by atoms with Gasteiger partial charge in [0.05, 0.1) is 10.9 Å². The molecule has 0 spiro atoms. The highest BCUT2D eigenvalue weighted by atomic mass is 35.5. The van der Waals surface area contributed by atoms with Crippen molar-refractivity contribution in [2.75, 3.05) is 18.4 Å². The summed E-state index contributed by atoms with van der Waals surface area (Å²) < 4.78 is 12.9. The summed E-state index contributed by atoms with van der Waals surface area (Å²) in [7, 11) is 0. The molecule has 2 rings (SSSR count). The van der Waals surface area contributed by atoms with Gasteiger partial charge >= 0.3 is 12.0 Å². The first-order valence-corrected chi connectivity index (χ1v) is 5.59. The molecule has 0 atom stereocenters. The van der Waals surface area contributed by atoms with Gasteiger partial charge in [-0.1, -0.05) is 11.6 Å². The molecule has 2 N–H and O–H groups in total. The Kier molecular flexibility index (Phi) is 3.38. The van der Waals surface area contributed by atoms with Gasteiger partial charge in [-0.25, -0.2) is 9.18 Å². The van der Waals surface area contributed by atoms with Crippen molar-refractivity contribution in [1.29, 1.82) is 0 Å². The second-order valence-corrected chi connectivity index (χ2v) is 4.41. The van der Waals surface area contributed by atoms with E-state index in [9.17, 15) is 14.0 Å². The van der Waals surface area contributed by atoms with Crippen molar-refractivity contribution in [1.82, 2.24) is 4.90 Å². The average Bonchev–Trinajstić information content (AvgIpc) is 2.20. The van der Waals surface area contributed by atoms with Crippen LogP contribution < -0.4 is 5.32 Å². The minimum absolute atomic E-state index is 0.0835. The van der Waals surface area contributed by atoms with Crippen LogP contribution in [0.15, 0.2) is 18.2 Å². The van der Waals surface area contributed by atoms with E-state index in [4.69, 9.17) is 16.7 Å². The monoisotopic (exact) mass is 272 g/mol. The largest absolute Gasteiger partial charge is 0.481 e. The van der Waals surface area contributed by atoms with Crippen LogP contribution in [0.3, 0.4) is 0 Å². The van der Waals surface area contributed by atoms with Crippen molar-refractivity contribution < 1.29 is 19.1 Å². The van der Waals surface area contributed by atoms with Crippen LogP contribution in [0, 0.1) is 11.7 Å². The van der Waals surface area contributed by atoms with Crippen LogP contribution in [0.5, 0.6) is 0 Å². The van der Waals surface area contributed by atoms with Gasteiger partial charge in [-0.2, -0.15) is 0 Å². The maximum Gasteiger partial charge on any atom is 0.321 e. The first kappa shape index (κ1) is 12.6. The molecule has 7 heteroatoms. The number of carboxylic acids is 1. The van der Waals surface area contributed by atoms with Gasteiger partial charge in [-0.05, 0) is 18.2 Å². The van der Waals surface area contributed by atoms with E-state index in [0.717, 1.165) is 6.07 Å². The van der Waals surface area contributed by atoms with Crippen LogP contribution in [0.2, 0.25) is 5.02 Å². The van der Waals surface area contributed by atoms with E-state index in [1.165, 1.54) is 17.0 Å². The van der Waals surface area contributed by atoms with Gasteiger partial charge in [0.15, 0.2) is 0 Å². The zero-order chi connectivity index (χ0) is 13.3. The van der Waals surface area contributed by atoms with Crippen LogP contribution in [-0.2, 0) is 4.79 Å². The van der Waals surface area contributed by atoms with E-state index in [1.54, 1.807) is 0 Å². The molecule has 0 unspecified atom stereocenters. The predicted octanol–water partition coefficient (Wildman–Crippen LogP) is 2.03. The van der Waals surface area contributed by atoms with E-state index in [-0.39, 0.29) is 18.1 Å². The Morgan fingerprint density at radius 3 is 2.67 bits per heavy atom. The number of likely N-dealkylation sites (tertiary alicyclic amines) is 1. The SMILES string of the molecule is O=C(O)C1CN(C(=O)Nc2ccc(F)c(Cl)c2)C1. The smallest absolute Gasteiger partial charge is 0.321 e. The number of carbonyl (C=O) groups excluding carboxylic acids is 1. The predicted molar refractivity (Wildman–Crippen MR) is 63.1 cm³/mol. The number of anilines is 1. The number of rotatable bonds is 2. The number of carboxylic acid groups (broad SMARTS) is 1. The van der Waals surface area contributed by atoms with E-state index < -0.39 is 23.7 Å². The summed E-state index contributed by atoms with van der Waals surface area (Å²) in [6.07, 6.45) is 0. The fraction of sp³-hybridized carbons (Fsp3) is 0.273. The van der Waals surface area contributed by atoms with Gasteiger partial charge in [0.25, 0.3) is 0 Å². The van der Waals surface area contributed by atoms with E-state index >= 15 is 0 Å². The number of nitrogens with one attached hydrogen (secondary N) is 1. The molecule has 0 radical (unpaired) electrons. The van der Waals surface area contributed by atoms with Gasteiger partial charge in [0.2, 0.25) is 0 Å². The van der Waals surface area contributed by atoms with Gasteiger partial charge in [0.1, 0.15) is 5.82 Å². The second kappa shape index (κ2) is 4.81. The number of amides is 2. The quantitative estimate of drug-likeness (QED) is 0.865. The number of urea groups is 1. The molecule has 1 aromatic carbocycles. The maximum absolute atomic E-state index is 12.9. The molecule has 18 heavy (non-hydrogen) atoms. The molecular formula is C11H10ClFN2O3. The Balaban J connectivity index is 1.92. The van der Waals surface area contributed by atoms with E-state index in [0.29, 0.717) is 5.69 Å². The van der Waals surface area contributed by atoms with Gasteiger partial charge in [0, 0.05) is 18.8 Å². The van der Waals surface area contributed by atoms with Crippen LogP contribution >= 0.6 is 11.6 Å². The highest BCUT2D eigenvalue weighted by molar-refractivity contribution is 6.31. The summed E-state index contributed by atoms with van der Waals surface area (Å²) in [5.74, 6) is -1.99. The number of nitrogens with zero attached hydrogens (tertiary/aromatic N) is 1. The molecule has 1 aliphatic rings. The molecule has 1 heterocycles. The fourth-order valence-corrected chi connectivity index (χ4v) is 1.76. The first-order valence-electron chi connectivity index (χ1n) is 5.21. The summed E-state index contributed by atoms with van der Waals surface area (Å²) in [6, 6.07) is 3.40. The third-order valence-electron chi connectivity index (χ3n) is 2.69. The minimum Gasteiger partial charge on any atom is -0.481 e. The zero-order valence-electron chi connectivity index (χ0n) is 9.19. The zero-order valence-corrected chi connectivity index (χ0v) is 9.95. The second-order valence-electron chi connectivity index (χ2n) is 4.00. The lowest BCUT2D eigenvalue weighted by Gasteiger charge is -2.36. The standard InChI is InChI=1S/C11H10ClFN2O3/c12-8-3-7(1-2-9(8)13)14-11(18)15-4-6(5-15)10(16)17/h1-3,6H,4-5H2,(H,14,18)(H,16,17). The van der Waals surface area contributed by atoms with Gasteiger partial charge in [-0.15, -0.1) is 0 Å². The van der Waals surface area contributed by atoms with Crippen molar-refractivity contribution in [3.63, 3.8) is 0 Å². The molecule has 1 aliphatic heterocycles. The lowest BCUT2D eigenvalue weighted by molar-refractivity contribution is -0.145. The van der Waals surface area contributed by atoms with Crippen molar-refractivity contribution >= 4 is 29.3 Å². The number of aliphatic carboxylic acids is 1. The van der Waals surface area contributed by atoms with Crippen LogP contribution in [0.25, 0.3) is 0 Å². The molecule has 1 aromatic rings. The van der Waals surface area contributed by atoms with Crippen molar-refractivity contribution in [3.05, 3.63) is 29.0 Å². The Hall–Kier alpha value is -1.82. The normalized spacial score (nSPS) is 15.1. The molecule has 0 aliphatic carbocycles. The Morgan fingerprint density at radius 2 is 2.11 bits per heavy atom. The number of benzene rings is 1. The lowest BCUT2D eigenvalue weighted by Crippen LogP contribution is -2.54. The molecule has 0 saturated carbocycles. The van der Waals surface area contributed by atoms with Crippen molar-refractivity contribution in [2.45, 2.75) is 0 Å². The van der Waals surface area contributed by atoms with Gasteiger partial charge in [-0.3, -0.25) is 4.79 Å². The summed E-state index contributed by atoms with van der Waals surface area (Å²) in [6.45, 7) is 0.353. The first-order chi connectivity index (χ1) is 8.47. The summed E-state index contributed by atoms with van der Waals surface area (Å²) in [5.41, 5.74) is 0.366. The summed E-state index contributed by atoms with van der Waals surface area (Å²) in [5, 5.41) is 11.1. The maximum atomic E-state index is 12.9. The van der Waals surface area contributed by atoms with E-state index in [2.05, 4.69) is 5.32 Å². The highest BCUT2D eigenvalue weighted by Gasteiger charge is 2.35. The van der Waals surface area contributed by atoms with Crippen LogP contribution in [0.4, 0.5) is 14.9 Å². The minimum atomic E-state index is -0.913. The fourth-order valence-electron chi connectivity index (χ4n) is 1.58. The Labute approximate surface area is 107 Å². The molecule has 0 bridgehead atoms. The molecular weight excluding hydrogens is 263 g/mol. The van der Waals surface area contributed by atoms with Crippen LogP contribution in [-0.4, -0.2) is 35.1 Å². The molecule has 5 nitrogen and oxygen atoms in total. The Bertz CT molecular complexity index is 503. The summed E-state index contributed by atoms with van der Waals surface area (Å²) >= 11 is 5.57.